The number of carbonyl (C=O) groups is 1. The molecule has 0 aliphatic carbocycles. The molecule has 0 fully saturated rings. The quantitative estimate of drug-likeness (QED) is 0.654. The standard InChI is InChI=1S/C9H7NO4/c1-10-6-4-5(11)2-3-7(6)14-8(10)9(12)13/h2-4H,1H3,(H-,11,12,13)/p+1. The van der Waals surface area contributed by atoms with E-state index in [1.807, 2.05) is 0 Å². The van der Waals surface area contributed by atoms with Crippen molar-refractivity contribution in [2.45, 2.75) is 0 Å². The van der Waals surface area contributed by atoms with Crippen molar-refractivity contribution in [1.82, 2.24) is 0 Å². The van der Waals surface area contributed by atoms with Crippen LogP contribution in [0, 0.1) is 0 Å². The predicted molar refractivity (Wildman–Crippen MR) is 46.0 cm³/mol. The molecule has 2 N–H and O–H groups in total. The van der Waals surface area contributed by atoms with E-state index >= 15 is 0 Å². The number of hydrogen-bond acceptors (Lipinski definition) is 3. The molecule has 1 aromatic carbocycles. The zero-order valence-electron chi connectivity index (χ0n) is 7.39. The van der Waals surface area contributed by atoms with Crippen LogP contribution in [0.25, 0.3) is 11.1 Å². The lowest BCUT2D eigenvalue weighted by molar-refractivity contribution is -0.652. The second-order valence-electron chi connectivity index (χ2n) is 2.92. The SMILES string of the molecule is C[n+]1c(C(=O)O)oc2ccc(O)cc21. The van der Waals surface area contributed by atoms with Crippen molar-refractivity contribution < 1.29 is 24.0 Å². The van der Waals surface area contributed by atoms with E-state index in [1.54, 1.807) is 7.05 Å². The molecule has 1 aromatic heterocycles. The van der Waals surface area contributed by atoms with Crippen molar-refractivity contribution in [2.75, 3.05) is 0 Å². The van der Waals surface area contributed by atoms with Crippen LogP contribution >= 0.6 is 0 Å². The number of aryl methyl sites for hydroxylation is 1. The molecule has 2 rings (SSSR count). The fraction of sp³-hybridized carbons (Fsp3) is 0.111. The Hall–Kier alpha value is -2.04. The third kappa shape index (κ3) is 1.10. The largest absolute Gasteiger partial charge is 0.508 e. The molecule has 0 atom stereocenters. The molecule has 1 heterocycles. The molecule has 14 heavy (non-hydrogen) atoms. The topological polar surface area (TPSA) is 74.5 Å². The van der Waals surface area contributed by atoms with E-state index in [9.17, 15) is 9.90 Å². The molecule has 0 bridgehead atoms. The number of fused-ring (bicyclic) bond motifs is 1. The van der Waals surface area contributed by atoms with Gasteiger partial charge in [-0.1, -0.05) is 0 Å². The van der Waals surface area contributed by atoms with Crippen LogP contribution in [0.3, 0.4) is 0 Å². The lowest BCUT2D eigenvalue weighted by Gasteiger charge is -1.86. The van der Waals surface area contributed by atoms with Crippen LogP contribution in [0.4, 0.5) is 0 Å². The molecule has 5 nitrogen and oxygen atoms in total. The Kier molecular flexibility index (Phi) is 1.67. The summed E-state index contributed by atoms with van der Waals surface area (Å²) < 4.78 is 6.44. The first-order valence-electron chi connectivity index (χ1n) is 3.94. The molecule has 0 unspecified atom stereocenters. The highest BCUT2D eigenvalue weighted by atomic mass is 16.4. The molecule has 0 aliphatic heterocycles. The second kappa shape index (κ2) is 2.73. The minimum absolute atomic E-state index is 0.0749. The number of aromatic nitrogens is 1. The Morgan fingerprint density at radius 1 is 1.50 bits per heavy atom. The lowest BCUT2D eigenvalue weighted by Crippen LogP contribution is -2.33. The van der Waals surface area contributed by atoms with E-state index < -0.39 is 5.97 Å². The average Bonchev–Trinajstić information content (AvgIpc) is 2.44. The van der Waals surface area contributed by atoms with E-state index in [2.05, 4.69) is 0 Å². The molecule has 0 aliphatic rings. The maximum atomic E-state index is 10.7. The zero-order valence-corrected chi connectivity index (χ0v) is 7.39. The monoisotopic (exact) mass is 194 g/mol. The van der Waals surface area contributed by atoms with E-state index in [4.69, 9.17) is 9.52 Å². The van der Waals surface area contributed by atoms with E-state index in [-0.39, 0.29) is 11.6 Å². The van der Waals surface area contributed by atoms with Gasteiger partial charge in [-0.2, -0.15) is 4.57 Å². The maximum absolute atomic E-state index is 10.7. The van der Waals surface area contributed by atoms with Crippen molar-refractivity contribution in [3.63, 3.8) is 0 Å². The summed E-state index contributed by atoms with van der Waals surface area (Å²) in [5.74, 6) is -1.22. The molecule has 5 heteroatoms. The second-order valence-corrected chi connectivity index (χ2v) is 2.92. The summed E-state index contributed by atoms with van der Waals surface area (Å²) in [6.07, 6.45) is 0. The number of phenolic OH excluding ortho intramolecular Hbond substituents is 1. The highest BCUT2D eigenvalue weighted by molar-refractivity contribution is 5.83. The van der Waals surface area contributed by atoms with Gasteiger partial charge in [-0.25, -0.2) is 4.79 Å². The smallest absolute Gasteiger partial charge is 0.461 e. The van der Waals surface area contributed by atoms with Gasteiger partial charge in [-0.15, -0.1) is 0 Å². The maximum Gasteiger partial charge on any atom is 0.461 e. The van der Waals surface area contributed by atoms with Gasteiger partial charge in [-0.05, 0) is 12.1 Å². The average molecular weight is 194 g/mol. The van der Waals surface area contributed by atoms with Gasteiger partial charge < -0.3 is 14.6 Å². The Balaban J connectivity index is 2.80. The molecular weight excluding hydrogens is 186 g/mol. The van der Waals surface area contributed by atoms with Gasteiger partial charge >= 0.3 is 11.9 Å². The first-order valence-corrected chi connectivity index (χ1v) is 3.94. The number of aromatic carboxylic acids is 1. The van der Waals surface area contributed by atoms with E-state index in [0.29, 0.717) is 11.1 Å². The molecule has 0 saturated carbocycles. The number of oxazole rings is 1. The van der Waals surface area contributed by atoms with Crippen LogP contribution < -0.4 is 4.57 Å². The van der Waals surface area contributed by atoms with Gasteiger partial charge in [0, 0.05) is 0 Å². The summed E-state index contributed by atoms with van der Waals surface area (Å²) in [6, 6.07) is 4.42. The van der Waals surface area contributed by atoms with Crippen molar-refractivity contribution in [3.8, 4) is 5.75 Å². The Morgan fingerprint density at radius 3 is 2.86 bits per heavy atom. The molecule has 72 valence electrons. The van der Waals surface area contributed by atoms with Crippen LogP contribution in [-0.4, -0.2) is 16.2 Å². The molecule has 0 spiro atoms. The summed E-state index contributed by atoms with van der Waals surface area (Å²) >= 11 is 0. The van der Waals surface area contributed by atoms with Crippen molar-refractivity contribution in [3.05, 3.63) is 24.1 Å². The number of nitrogens with zero attached hydrogens (tertiary/aromatic N) is 1. The van der Waals surface area contributed by atoms with Gasteiger partial charge in [0.15, 0.2) is 0 Å². The fourth-order valence-electron chi connectivity index (χ4n) is 1.32. The third-order valence-electron chi connectivity index (χ3n) is 2.00. The zero-order chi connectivity index (χ0) is 10.3. The minimum Gasteiger partial charge on any atom is -0.508 e. The molecule has 0 radical (unpaired) electrons. The normalized spacial score (nSPS) is 10.6. The fourth-order valence-corrected chi connectivity index (χ4v) is 1.32. The molecule has 0 amide bonds. The van der Waals surface area contributed by atoms with Crippen LogP contribution in [-0.2, 0) is 7.05 Å². The highest BCUT2D eigenvalue weighted by Crippen LogP contribution is 2.18. The summed E-state index contributed by atoms with van der Waals surface area (Å²) in [5.41, 5.74) is 0.977. The number of benzene rings is 1. The van der Waals surface area contributed by atoms with Crippen molar-refractivity contribution in [1.29, 1.82) is 0 Å². The van der Waals surface area contributed by atoms with Crippen LogP contribution in [0.15, 0.2) is 22.6 Å². The third-order valence-corrected chi connectivity index (χ3v) is 2.00. The lowest BCUT2D eigenvalue weighted by atomic mass is 10.3. The Morgan fingerprint density at radius 2 is 2.21 bits per heavy atom. The number of carboxylic acids is 1. The molecule has 2 aromatic rings. The first-order chi connectivity index (χ1) is 6.59. The summed E-state index contributed by atoms with van der Waals surface area (Å²) in [6.45, 7) is 0. The van der Waals surface area contributed by atoms with Gasteiger partial charge in [-0.3, -0.25) is 0 Å². The first kappa shape index (κ1) is 8.55. The molecular formula is C9H8NO4+. The Labute approximate surface area is 78.8 Å². The summed E-state index contributed by atoms with van der Waals surface area (Å²) in [4.78, 5) is 10.7. The number of rotatable bonds is 1. The summed E-state index contributed by atoms with van der Waals surface area (Å²) in [7, 11) is 1.56. The summed E-state index contributed by atoms with van der Waals surface area (Å²) in [5, 5.41) is 18.0. The van der Waals surface area contributed by atoms with Gasteiger partial charge in [0.2, 0.25) is 5.58 Å². The molecule has 0 saturated heterocycles. The number of aromatic hydroxyl groups is 1. The number of carboxylic acid groups (broad SMARTS) is 1. The van der Waals surface area contributed by atoms with Crippen LogP contribution in [0.5, 0.6) is 5.75 Å². The van der Waals surface area contributed by atoms with E-state index in [0.717, 1.165) is 0 Å². The van der Waals surface area contributed by atoms with Crippen LogP contribution in [0.2, 0.25) is 0 Å². The number of hydrogen-bond donors (Lipinski definition) is 2. The number of phenols is 1. The van der Waals surface area contributed by atoms with Gasteiger partial charge in [0.05, 0.1) is 6.07 Å². The van der Waals surface area contributed by atoms with Crippen molar-refractivity contribution >= 4 is 17.1 Å². The Bertz CT molecular complexity index is 515. The van der Waals surface area contributed by atoms with Gasteiger partial charge in [0.1, 0.15) is 12.8 Å². The predicted octanol–water partition coefficient (Wildman–Crippen LogP) is 0.661. The highest BCUT2D eigenvalue weighted by Gasteiger charge is 2.25. The van der Waals surface area contributed by atoms with E-state index in [1.165, 1.54) is 22.8 Å². The minimum atomic E-state index is -1.14. The van der Waals surface area contributed by atoms with Gasteiger partial charge in [0.25, 0.3) is 5.52 Å². The van der Waals surface area contributed by atoms with Crippen molar-refractivity contribution in [2.24, 2.45) is 7.05 Å². The van der Waals surface area contributed by atoms with Crippen LogP contribution in [0.1, 0.15) is 10.7 Å².